The number of rotatable bonds is 1. The van der Waals surface area contributed by atoms with Crippen LogP contribution in [0.2, 0.25) is 0 Å². The van der Waals surface area contributed by atoms with Crippen LogP contribution >= 0.6 is 0 Å². The Bertz CT molecular complexity index is 349. The molecule has 0 radical (unpaired) electrons. The average molecular weight is 208 g/mol. The van der Waals surface area contributed by atoms with E-state index in [-0.39, 0.29) is 11.6 Å². The Kier molecular flexibility index (Phi) is 2.59. The molecule has 1 N–H and O–H groups in total. The molecule has 0 fully saturated rings. The molecule has 3 heteroatoms. The van der Waals surface area contributed by atoms with Crippen molar-refractivity contribution in [1.29, 1.82) is 0 Å². The summed E-state index contributed by atoms with van der Waals surface area (Å²) in [5, 5.41) is 9.80. The van der Waals surface area contributed by atoms with E-state index in [1.54, 1.807) is 0 Å². The zero-order valence-corrected chi connectivity index (χ0v) is 9.82. The number of aromatic nitrogens is 2. The molecular formula is C12H20N2O. The van der Waals surface area contributed by atoms with Crippen molar-refractivity contribution in [3.63, 3.8) is 0 Å². The number of aliphatic hydroxyl groups is 1. The van der Waals surface area contributed by atoms with Gasteiger partial charge in [0.15, 0.2) is 0 Å². The second-order valence-electron chi connectivity index (χ2n) is 5.67. The van der Waals surface area contributed by atoms with E-state index in [1.807, 2.05) is 10.8 Å². The fourth-order valence-electron chi connectivity index (χ4n) is 2.14. The van der Waals surface area contributed by atoms with Gasteiger partial charge in [-0.2, -0.15) is 0 Å². The number of aliphatic hydroxyl groups excluding tert-OH is 1. The van der Waals surface area contributed by atoms with E-state index in [0.29, 0.717) is 0 Å². The van der Waals surface area contributed by atoms with Gasteiger partial charge in [-0.25, -0.2) is 4.98 Å². The Balaban J connectivity index is 2.22. The minimum Gasteiger partial charge on any atom is -0.373 e. The molecule has 0 amide bonds. The number of hydrogen-bond acceptors (Lipinski definition) is 2. The minimum absolute atomic E-state index is 0.259. The topological polar surface area (TPSA) is 38.0 Å². The summed E-state index contributed by atoms with van der Waals surface area (Å²) < 4.78 is 1.94. The molecule has 1 aromatic rings. The summed E-state index contributed by atoms with van der Waals surface area (Å²) in [4.78, 5) is 4.59. The molecule has 3 nitrogen and oxygen atoms in total. The molecule has 2 rings (SSSR count). The van der Waals surface area contributed by atoms with Crippen LogP contribution in [-0.2, 0) is 12.8 Å². The summed E-state index contributed by atoms with van der Waals surface area (Å²) in [6.45, 7) is 6.63. The van der Waals surface area contributed by atoms with Crippen molar-refractivity contribution in [1.82, 2.24) is 9.55 Å². The summed E-state index contributed by atoms with van der Waals surface area (Å²) >= 11 is 0. The lowest BCUT2D eigenvalue weighted by atomic mass is 9.91. The molecule has 2 heterocycles. The fourth-order valence-corrected chi connectivity index (χ4v) is 2.14. The predicted molar refractivity (Wildman–Crippen MR) is 59.6 cm³/mol. The SMILES string of the molecule is CC(C)(C)Cc1cn2c(n1)CCCC2O. The first-order valence-corrected chi connectivity index (χ1v) is 5.70. The Morgan fingerprint density at radius 1 is 1.53 bits per heavy atom. The lowest BCUT2D eigenvalue weighted by Crippen LogP contribution is -2.16. The average Bonchev–Trinajstić information content (AvgIpc) is 2.45. The highest BCUT2D eigenvalue weighted by molar-refractivity contribution is 5.08. The third kappa shape index (κ3) is 2.40. The van der Waals surface area contributed by atoms with Gasteiger partial charge < -0.3 is 9.67 Å². The van der Waals surface area contributed by atoms with Crippen molar-refractivity contribution >= 4 is 0 Å². The van der Waals surface area contributed by atoms with Crippen molar-refractivity contribution in [2.24, 2.45) is 5.41 Å². The zero-order chi connectivity index (χ0) is 11.1. The monoisotopic (exact) mass is 208 g/mol. The van der Waals surface area contributed by atoms with Gasteiger partial charge in [0.1, 0.15) is 12.1 Å². The fraction of sp³-hybridized carbons (Fsp3) is 0.750. The summed E-state index contributed by atoms with van der Waals surface area (Å²) in [6.07, 6.45) is 5.55. The lowest BCUT2D eigenvalue weighted by Gasteiger charge is -2.19. The molecular weight excluding hydrogens is 188 g/mol. The smallest absolute Gasteiger partial charge is 0.131 e. The predicted octanol–water partition coefficient (Wildman–Crippen LogP) is 2.30. The van der Waals surface area contributed by atoms with Crippen molar-refractivity contribution in [3.8, 4) is 0 Å². The summed E-state index contributed by atoms with van der Waals surface area (Å²) in [5.74, 6) is 1.05. The van der Waals surface area contributed by atoms with Crippen LogP contribution in [0, 0.1) is 5.41 Å². The maximum Gasteiger partial charge on any atom is 0.131 e. The Morgan fingerprint density at radius 2 is 2.27 bits per heavy atom. The number of aryl methyl sites for hydroxylation is 1. The molecule has 84 valence electrons. The molecule has 0 saturated heterocycles. The van der Waals surface area contributed by atoms with Crippen molar-refractivity contribution in [3.05, 3.63) is 17.7 Å². The largest absolute Gasteiger partial charge is 0.373 e. The van der Waals surface area contributed by atoms with Gasteiger partial charge >= 0.3 is 0 Å². The molecule has 1 aliphatic heterocycles. The minimum atomic E-state index is -0.352. The van der Waals surface area contributed by atoms with Gasteiger partial charge in [-0.15, -0.1) is 0 Å². The van der Waals surface area contributed by atoms with Crippen LogP contribution in [0.3, 0.4) is 0 Å². The van der Waals surface area contributed by atoms with Crippen molar-refractivity contribution in [2.75, 3.05) is 0 Å². The van der Waals surface area contributed by atoms with E-state index < -0.39 is 0 Å². The first-order chi connectivity index (χ1) is 6.96. The molecule has 0 bridgehead atoms. The Labute approximate surface area is 91.1 Å². The van der Waals surface area contributed by atoms with E-state index in [0.717, 1.165) is 37.2 Å². The molecule has 1 aromatic heterocycles. The third-order valence-corrected chi connectivity index (χ3v) is 2.75. The Hall–Kier alpha value is -0.830. The van der Waals surface area contributed by atoms with Gasteiger partial charge in [0.05, 0.1) is 5.69 Å². The Morgan fingerprint density at radius 3 is 2.87 bits per heavy atom. The van der Waals surface area contributed by atoms with E-state index in [2.05, 4.69) is 25.8 Å². The van der Waals surface area contributed by atoms with E-state index in [1.165, 1.54) is 0 Å². The summed E-state index contributed by atoms with van der Waals surface area (Å²) in [6, 6.07) is 0. The maximum atomic E-state index is 9.80. The molecule has 0 saturated carbocycles. The van der Waals surface area contributed by atoms with E-state index in [4.69, 9.17) is 0 Å². The second kappa shape index (κ2) is 3.63. The quantitative estimate of drug-likeness (QED) is 0.769. The van der Waals surface area contributed by atoms with Crippen LogP contribution in [0.4, 0.5) is 0 Å². The summed E-state index contributed by atoms with van der Waals surface area (Å²) in [5.41, 5.74) is 1.37. The highest BCUT2D eigenvalue weighted by Crippen LogP contribution is 2.25. The van der Waals surface area contributed by atoms with Gasteiger partial charge in [-0.05, 0) is 24.7 Å². The van der Waals surface area contributed by atoms with Crippen LogP contribution in [0.1, 0.15) is 51.4 Å². The number of hydrogen-bond donors (Lipinski definition) is 1. The maximum absolute atomic E-state index is 9.80. The number of fused-ring (bicyclic) bond motifs is 1. The van der Waals surface area contributed by atoms with Gasteiger partial charge in [-0.3, -0.25) is 0 Å². The number of nitrogens with zero attached hydrogens (tertiary/aromatic N) is 2. The summed E-state index contributed by atoms with van der Waals surface area (Å²) in [7, 11) is 0. The van der Waals surface area contributed by atoms with Gasteiger partial charge in [0.25, 0.3) is 0 Å². The van der Waals surface area contributed by atoms with Crippen LogP contribution in [0.15, 0.2) is 6.20 Å². The van der Waals surface area contributed by atoms with Crippen LogP contribution in [0.5, 0.6) is 0 Å². The van der Waals surface area contributed by atoms with Crippen LogP contribution in [0.25, 0.3) is 0 Å². The third-order valence-electron chi connectivity index (χ3n) is 2.75. The molecule has 1 atom stereocenters. The van der Waals surface area contributed by atoms with Gasteiger partial charge in [0, 0.05) is 12.6 Å². The number of imidazole rings is 1. The van der Waals surface area contributed by atoms with Crippen LogP contribution in [-0.4, -0.2) is 14.7 Å². The van der Waals surface area contributed by atoms with Crippen molar-refractivity contribution < 1.29 is 5.11 Å². The molecule has 1 unspecified atom stereocenters. The zero-order valence-electron chi connectivity index (χ0n) is 9.82. The molecule has 15 heavy (non-hydrogen) atoms. The van der Waals surface area contributed by atoms with Crippen LogP contribution < -0.4 is 0 Å². The highest BCUT2D eigenvalue weighted by atomic mass is 16.3. The normalized spacial score (nSPS) is 21.5. The highest BCUT2D eigenvalue weighted by Gasteiger charge is 2.21. The lowest BCUT2D eigenvalue weighted by molar-refractivity contribution is 0.0780. The van der Waals surface area contributed by atoms with Gasteiger partial charge in [0.2, 0.25) is 0 Å². The standard InChI is InChI=1S/C12H20N2O/c1-12(2,3)7-9-8-14-10(13-9)5-4-6-11(14)15/h8,11,15H,4-7H2,1-3H3. The molecule has 0 spiro atoms. The molecule has 0 aromatic carbocycles. The second-order valence-corrected chi connectivity index (χ2v) is 5.67. The van der Waals surface area contributed by atoms with Crippen molar-refractivity contribution in [2.45, 2.75) is 52.7 Å². The molecule has 0 aliphatic carbocycles. The first kappa shape index (κ1) is 10.7. The molecule has 1 aliphatic rings. The van der Waals surface area contributed by atoms with Gasteiger partial charge in [-0.1, -0.05) is 20.8 Å². The van der Waals surface area contributed by atoms with E-state index in [9.17, 15) is 5.11 Å². The first-order valence-electron chi connectivity index (χ1n) is 5.70. The van der Waals surface area contributed by atoms with E-state index >= 15 is 0 Å².